The number of aryl methyl sites for hydroxylation is 1. The highest BCUT2D eigenvalue weighted by Crippen LogP contribution is 2.19. The number of anilines is 1. The maximum Gasteiger partial charge on any atom is 0.261 e. The Morgan fingerprint density at radius 1 is 1.29 bits per heavy atom. The molecule has 2 rings (SSSR count). The molecule has 0 unspecified atom stereocenters. The number of hydrogen-bond acceptors (Lipinski definition) is 4. The van der Waals surface area contributed by atoms with Crippen LogP contribution in [0.3, 0.4) is 0 Å². The lowest BCUT2D eigenvalue weighted by Gasteiger charge is -2.10. The lowest BCUT2D eigenvalue weighted by atomic mass is 10.1. The highest BCUT2D eigenvalue weighted by Gasteiger charge is 2.16. The summed E-state index contributed by atoms with van der Waals surface area (Å²) in [5.74, 6) is -0.0906. The first kappa shape index (κ1) is 15.2. The van der Waals surface area contributed by atoms with Crippen molar-refractivity contribution in [3.8, 4) is 0 Å². The smallest absolute Gasteiger partial charge is 0.261 e. The van der Waals surface area contributed by atoms with Crippen molar-refractivity contribution in [2.24, 2.45) is 0 Å². The maximum absolute atomic E-state index is 12.4. The average Bonchev–Trinajstić information content (AvgIpc) is 2.49. The van der Waals surface area contributed by atoms with E-state index in [0.717, 1.165) is 5.56 Å². The SMILES string of the molecule is CCC(=O)c1cccc(S(=O)(=O)Nc2ccncc2C)c1. The first-order valence-electron chi connectivity index (χ1n) is 6.50. The summed E-state index contributed by atoms with van der Waals surface area (Å²) in [6.45, 7) is 3.50. The van der Waals surface area contributed by atoms with Crippen LogP contribution >= 0.6 is 0 Å². The molecule has 0 saturated heterocycles. The van der Waals surface area contributed by atoms with Crippen LogP contribution in [0.25, 0.3) is 0 Å². The number of pyridine rings is 1. The van der Waals surface area contributed by atoms with Crippen molar-refractivity contribution in [3.63, 3.8) is 0 Å². The van der Waals surface area contributed by atoms with Crippen LogP contribution in [0, 0.1) is 6.92 Å². The van der Waals surface area contributed by atoms with Crippen LogP contribution in [-0.2, 0) is 10.0 Å². The predicted molar refractivity (Wildman–Crippen MR) is 80.8 cm³/mol. The van der Waals surface area contributed by atoms with Crippen LogP contribution in [-0.4, -0.2) is 19.2 Å². The molecule has 21 heavy (non-hydrogen) atoms. The third kappa shape index (κ3) is 3.46. The van der Waals surface area contributed by atoms with Crippen LogP contribution in [0.2, 0.25) is 0 Å². The molecule has 2 aromatic rings. The lowest BCUT2D eigenvalue weighted by Crippen LogP contribution is -2.14. The quantitative estimate of drug-likeness (QED) is 0.862. The zero-order chi connectivity index (χ0) is 15.5. The van der Waals surface area contributed by atoms with Gasteiger partial charge in [-0.3, -0.25) is 14.5 Å². The van der Waals surface area contributed by atoms with Crippen molar-refractivity contribution < 1.29 is 13.2 Å². The van der Waals surface area contributed by atoms with Gasteiger partial charge >= 0.3 is 0 Å². The number of carbonyl (C=O) groups excluding carboxylic acids is 1. The molecule has 6 heteroatoms. The number of Topliss-reactive ketones (excluding diaryl/α,β-unsaturated/α-hetero) is 1. The van der Waals surface area contributed by atoms with Gasteiger partial charge in [-0.2, -0.15) is 0 Å². The predicted octanol–water partition coefficient (Wildman–Crippen LogP) is 2.78. The molecule has 0 saturated carbocycles. The summed E-state index contributed by atoms with van der Waals surface area (Å²) >= 11 is 0. The van der Waals surface area contributed by atoms with Crippen LogP contribution < -0.4 is 4.72 Å². The first-order chi connectivity index (χ1) is 9.94. The average molecular weight is 304 g/mol. The van der Waals surface area contributed by atoms with E-state index in [2.05, 4.69) is 9.71 Å². The fourth-order valence-electron chi connectivity index (χ4n) is 1.83. The minimum Gasteiger partial charge on any atom is -0.294 e. The van der Waals surface area contributed by atoms with E-state index in [1.165, 1.54) is 18.3 Å². The van der Waals surface area contributed by atoms with E-state index in [4.69, 9.17) is 0 Å². The van der Waals surface area contributed by atoms with E-state index in [0.29, 0.717) is 17.7 Å². The molecule has 1 aromatic heterocycles. The van der Waals surface area contributed by atoms with E-state index in [1.807, 2.05) is 0 Å². The Labute approximate surface area is 124 Å². The van der Waals surface area contributed by atoms with Gasteiger partial charge in [-0.15, -0.1) is 0 Å². The number of aromatic nitrogens is 1. The molecule has 0 bridgehead atoms. The van der Waals surface area contributed by atoms with Crippen LogP contribution in [0.4, 0.5) is 5.69 Å². The second kappa shape index (κ2) is 6.05. The highest BCUT2D eigenvalue weighted by atomic mass is 32.2. The van der Waals surface area contributed by atoms with Gasteiger partial charge in [-0.1, -0.05) is 19.1 Å². The van der Waals surface area contributed by atoms with Crippen LogP contribution in [0.15, 0.2) is 47.6 Å². The monoisotopic (exact) mass is 304 g/mol. The fraction of sp³-hybridized carbons (Fsp3) is 0.200. The Morgan fingerprint density at radius 3 is 2.71 bits per heavy atom. The second-order valence-corrected chi connectivity index (χ2v) is 6.28. The van der Waals surface area contributed by atoms with Gasteiger partial charge in [0.15, 0.2) is 5.78 Å². The Kier molecular flexibility index (Phi) is 4.37. The van der Waals surface area contributed by atoms with E-state index in [9.17, 15) is 13.2 Å². The van der Waals surface area contributed by atoms with Gasteiger partial charge in [0.2, 0.25) is 0 Å². The third-order valence-electron chi connectivity index (χ3n) is 3.05. The summed E-state index contributed by atoms with van der Waals surface area (Å²) in [6, 6.07) is 7.63. The summed E-state index contributed by atoms with van der Waals surface area (Å²) in [4.78, 5) is 15.7. The van der Waals surface area contributed by atoms with Gasteiger partial charge < -0.3 is 0 Å². The number of benzene rings is 1. The summed E-state index contributed by atoms with van der Waals surface area (Å²) < 4.78 is 27.3. The third-order valence-corrected chi connectivity index (χ3v) is 4.42. The van der Waals surface area contributed by atoms with Gasteiger partial charge in [0.1, 0.15) is 0 Å². The molecule has 0 aliphatic carbocycles. The normalized spacial score (nSPS) is 11.1. The summed E-state index contributed by atoms with van der Waals surface area (Å²) in [6.07, 6.45) is 3.43. The van der Waals surface area contributed by atoms with Crippen molar-refractivity contribution in [2.75, 3.05) is 4.72 Å². The largest absolute Gasteiger partial charge is 0.294 e. The number of nitrogens with zero attached hydrogens (tertiary/aromatic N) is 1. The minimum absolute atomic E-state index is 0.0676. The molecule has 0 aliphatic heterocycles. The van der Waals surface area contributed by atoms with Gasteiger partial charge in [-0.05, 0) is 30.7 Å². The van der Waals surface area contributed by atoms with Crippen LogP contribution in [0.1, 0.15) is 29.3 Å². The molecule has 1 heterocycles. The first-order valence-corrected chi connectivity index (χ1v) is 7.99. The second-order valence-electron chi connectivity index (χ2n) is 4.60. The Morgan fingerprint density at radius 2 is 2.05 bits per heavy atom. The summed E-state index contributed by atoms with van der Waals surface area (Å²) in [5.41, 5.74) is 1.59. The molecular weight excluding hydrogens is 288 g/mol. The van der Waals surface area contributed by atoms with Crippen molar-refractivity contribution in [1.29, 1.82) is 0 Å². The molecule has 1 aromatic carbocycles. The standard InChI is InChI=1S/C15H16N2O3S/c1-3-15(18)12-5-4-6-13(9-12)21(19,20)17-14-7-8-16-10-11(14)2/h4-10H,3H2,1-2H3,(H,16,17). The van der Waals surface area contributed by atoms with Crippen molar-refractivity contribution in [3.05, 3.63) is 53.9 Å². The van der Waals surface area contributed by atoms with Gasteiger partial charge in [0, 0.05) is 24.4 Å². The van der Waals surface area contributed by atoms with Gasteiger partial charge in [-0.25, -0.2) is 8.42 Å². The van der Waals surface area contributed by atoms with Crippen molar-refractivity contribution >= 4 is 21.5 Å². The van der Waals surface area contributed by atoms with Crippen LogP contribution in [0.5, 0.6) is 0 Å². The summed E-state index contributed by atoms with van der Waals surface area (Å²) in [7, 11) is -3.73. The molecule has 1 N–H and O–H groups in total. The molecule has 0 amide bonds. The molecule has 0 atom stereocenters. The van der Waals surface area contributed by atoms with E-state index < -0.39 is 10.0 Å². The molecular formula is C15H16N2O3S. The zero-order valence-electron chi connectivity index (χ0n) is 11.8. The topological polar surface area (TPSA) is 76.1 Å². The number of rotatable bonds is 5. The molecule has 0 spiro atoms. The van der Waals surface area contributed by atoms with E-state index in [1.54, 1.807) is 38.2 Å². The Balaban J connectivity index is 2.36. The number of nitrogens with one attached hydrogen (secondary N) is 1. The molecule has 0 fully saturated rings. The molecule has 0 radical (unpaired) electrons. The van der Waals surface area contributed by atoms with Gasteiger partial charge in [0.05, 0.1) is 10.6 Å². The number of ketones is 1. The molecule has 110 valence electrons. The highest BCUT2D eigenvalue weighted by molar-refractivity contribution is 7.92. The van der Waals surface area contributed by atoms with E-state index >= 15 is 0 Å². The Hall–Kier alpha value is -2.21. The van der Waals surface area contributed by atoms with Crippen molar-refractivity contribution in [2.45, 2.75) is 25.2 Å². The summed E-state index contributed by atoms with van der Waals surface area (Å²) in [5, 5.41) is 0. The number of carbonyl (C=O) groups is 1. The Bertz CT molecular complexity index is 770. The molecule has 5 nitrogen and oxygen atoms in total. The number of sulfonamides is 1. The van der Waals surface area contributed by atoms with Crippen molar-refractivity contribution in [1.82, 2.24) is 4.98 Å². The number of hydrogen-bond donors (Lipinski definition) is 1. The van der Waals surface area contributed by atoms with E-state index in [-0.39, 0.29) is 10.7 Å². The zero-order valence-corrected chi connectivity index (χ0v) is 12.6. The lowest BCUT2D eigenvalue weighted by molar-refractivity contribution is 0.0988. The van der Waals surface area contributed by atoms with Gasteiger partial charge in [0.25, 0.3) is 10.0 Å². The fourth-order valence-corrected chi connectivity index (χ4v) is 3.01. The minimum atomic E-state index is -3.73. The maximum atomic E-state index is 12.4. The molecule has 0 aliphatic rings.